The van der Waals surface area contributed by atoms with Crippen LogP contribution in [0.1, 0.15) is 13.8 Å². The molecule has 0 aliphatic heterocycles. The maximum atomic E-state index is 4.45. The van der Waals surface area contributed by atoms with Crippen LogP contribution >= 0.6 is 11.8 Å². The van der Waals surface area contributed by atoms with Crippen molar-refractivity contribution >= 4 is 23.4 Å². The summed E-state index contributed by atoms with van der Waals surface area (Å²) in [6, 6.07) is 6.44. The normalized spacial score (nSPS) is 12.2. The lowest BCUT2D eigenvalue weighted by Gasteiger charge is -2.13. The summed E-state index contributed by atoms with van der Waals surface area (Å²) in [4.78, 5) is 4.45. The van der Waals surface area contributed by atoms with Crippen molar-refractivity contribution in [2.75, 3.05) is 29.2 Å². The van der Waals surface area contributed by atoms with E-state index in [9.17, 15) is 0 Å². The topological polar surface area (TPSA) is 37.0 Å². The third kappa shape index (κ3) is 4.42. The molecule has 1 aromatic rings. The molecule has 2 N–H and O–H groups in total. The number of nitrogens with one attached hydrogen (secondary N) is 2. The minimum absolute atomic E-state index is 0.448. The lowest BCUT2D eigenvalue weighted by atomic mass is 10.3. The molecular formula is C11H19N3S. The van der Waals surface area contributed by atoms with Crippen molar-refractivity contribution in [3.05, 3.63) is 18.2 Å². The van der Waals surface area contributed by atoms with E-state index in [0.717, 1.165) is 23.9 Å². The predicted molar refractivity (Wildman–Crippen MR) is 69.9 cm³/mol. The second-order valence-electron chi connectivity index (χ2n) is 3.44. The van der Waals surface area contributed by atoms with E-state index in [4.69, 9.17) is 0 Å². The Morgan fingerprint density at radius 1 is 1.40 bits per heavy atom. The number of aromatic nitrogens is 1. The summed E-state index contributed by atoms with van der Waals surface area (Å²) in [5, 5.41) is 6.57. The molecule has 3 nitrogen and oxygen atoms in total. The third-order valence-corrected chi connectivity index (χ3v) is 2.75. The molecule has 0 saturated heterocycles. The summed E-state index contributed by atoms with van der Waals surface area (Å²) < 4.78 is 0. The molecule has 0 aliphatic rings. The highest BCUT2D eigenvalue weighted by Crippen LogP contribution is 2.11. The second-order valence-corrected chi connectivity index (χ2v) is 4.35. The first-order valence-electron chi connectivity index (χ1n) is 5.22. The third-order valence-electron chi connectivity index (χ3n) is 1.92. The van der Waals surface area contributed by atoms with Crippen molar-refractivity contribution in [2.45, 2.75) is 19.9 Å². The summed E-state index contributed by atoms with van der Waals surface area (Å²) in [5.41, 5.74) is 0. The smallest absolute Gasteiger partial charge is 0.128 e. The molecule has 1 atom stereocenters. The molecular weight excluding hydrogens is 206 g/mol. The van der Waals surface area contributed by atoms with Crippen LogP contribution in [0, 0.1) is 0 Å². The van der Waals surface area contributed by atoms with Crippen molar-refractivity contribution in [1.82, 2.24) is 4.98 Å². The minimum Gasteiger partial charge on any atom is -0.370 e. The molecule has 0 fully saturated rings. The summed E-state index contributed by atoms with van der Waals surface area (Å²) in [7, 11) is 0. The summed E-state index contributed by atoms with van der Waals surface area (Å²) in [5.74, 6) is 2.96. The molecule has 84 valence electrons. The molecule has 1 rings (SSSR count). The van der Waals surface area contributed by atoms with Gasteiger partial charge in [0, 0.05) is 18.3 Å². The number of pyridine rings is 1. The Kier molecular flexibility index (Phi) is 5.32. The zero-order valence-corrected chi connectivity index (χ0v) is 10.4. The van der Waals surface area contributed by atoms with E-state index in [-0.39, 0.29) is 0 Å². The monoisotopic (exact) mass is 225 g/mol. The number of thioether (sulfide) groups is 1. The molecule has 4 heteroatoms. The van der Waals surface area contributed by atoms with E-state index < -0.39 is 0 Å². The van der Waals surface area contributed by atoms with Gasteiger partial charge < -0.3 is 10.6 Å². The van der Waals surface area contributed by atoms with Crippen LogP contribution in [0.5, 0.6) is 0 Å². The van der Waals surface area contributed by atoms with Crippen LogP contribution in [0.4, 0.5) is 11.6 Å². The summed E-state index contributed by atoms with van der Waals surface area (Å²) in [6.45, 7) is 5.13. The van der Waals surface area contributed by atoms with Gasteiger partial charge in [0.25, 0.3) is 0 Å². The molecule has 0 spiro atoms. The second kappa shape index (κ2) is 6.56. The molecule has 0 radical (unpaired) electrons. The Morgan fingerprint density at radius 3 is 2.80 bits per heavy atom. The fourth-order valence-corrected chi connectivity index (χ4v) is 1.92. The molecule has 15 heavy (non-hydrogen) atoms. The van der Waals surface area contributed by atoms with Crippen LogP contribution in [0.25, 0.3) is 0 Å². The fraction of sp³-hybridized carbons (Fsp3) is 0.545. The summed E-state index contributed by atoms with van der Waals surface area (Å²) in [6.07, 6.45) is 2.11. The number of hydrogen-bond acceptors (Lipinski definition) is 4. The Morgan fingerprint density at radius 2 is 2.13 bits per heavy atom. The van der Waals surface area contributed by atoms with Gasteiger partial charge in [-0.25, -0.2) is 4.98 Å². The largest absolute Gasteiger partial charge is 0.370 e. The molecule has 1 unspecified atom stereocenters. The maximum Gasteiger partial charge on any atom is 0.128 e. The van der Waals surface area contributed by atoms with Gasteiger partial charge in [0.1, 0.15) is 11.6 Å². The van der Waals surface area contributed by atoms with E-state index in [1.54, 1.807) is 0 Å². The average molecular weight is 225 g/mol. The minimum atomic E-state index is 0.448. The zero-order valence-electron chi connectivity index (χ0n) is 9.58. The van der Waals surface area contributed by atoms with E-state index in [0.29, 0.717) is 6.04 Å². The first-order chi connectivity index (χ1) is 7.26. The molecule has 0 bridgehead atoms. The van der Waals surface area contributed by atoms with Crippen LogP contribution in [-0.4, -0.2) is 29.6 Å². The standard InChI is InChI=1S/C11H19N3S/c1-4-12-10-6-5-7-11(14-10)13-9(2)8-15-3/h5-7,9H,4,8H2,1-3H3,(H2,12,13,14). The number of nitrogens with zero attached hydrogens (tertiary/aromatic N) is 1. The van der Waals surface area contributed by atoms with Gasteiger partial charge in [0.15, 0.2) is 0 Å². The lowest BCUT2D eigenvalue weighted by molar-refractivity contribution is 0.903. The van der Waals surface area contributed by atoms with Gasteiger partial charge >= 0.3 is 0 Å². The summed E-state index contributed by atoms with van der Waals surface area (Å²) >= 11 is 1.84. The average Bonchev–Trinajstić information content (AvgIpc) is 2.19. The van der Waals surface area contributed by atoms with Crippen LogP contribution in [0.3, 0.4) is 0 Å². The highest BCUT2D eigenvalue weighted by Gasteiger charge is 2.02. The van der Waals surface area contributed by atoms with Gasteiger partial charge in [-0.2, -0.15) is 11.8 Å². The van der Waals surface area contributed by atoms with Crippen molar-refractivity contribution in [2.24, 2.45) is 0 Å². The molecule has 0 aromatic carbocycles. The Bertz CT molecular complexity index is 291. The molecule has 1 heterocycles. The molecule has 0 aliphatic carbocycles. The molecule has 0 amide bonds. The zero-order chi connectivity index (χ0) is 11.1. The van der Waals surface area contributed by atoms with Gasteiger partial charge in [0.2, 0.25) is 0 Å². The van der Waals surface area contributed by atoms with E-state index in [2.05, 4.69) is 35.7 Å². The van der Waals surface area contributed by atoms with Crippen molar-refractivity contribution in [1.29, 1.82) is 0 Å². The van der Waals surface area contributed by atoms with Crippen molar-refractivity contribution in [3.8, 4) is 0 Å². The number of hydrogen-bond donors (Lipinski definition) is 2. The highest BCUT2D eigenvalue weighted by atomic mass is 32.2. The number of anilines is 2. The van der Waals surface area contributed by atoms with Gasteiger partial charge in [0.05, 0.1) is 0 Å². The van der Waals surface area contributed by atoms with E-state index >= 15 is 0 Å². The fourth-order valence-electron chi connectivity index (χ4n) is 1.34. The first kappa shape index (κ1) is 12.2. The van der Waals surface area contributed by atoms with E-state index in [1.165, 1.54) is 0 Å². The van der Waals surface area contributed by atoms with Crippen LogP contribution in [0.15, 0.2) is 18.2 Å². The quantitative estimate of drug-likeness (QED) is 0.780. The lowest BCUT2D eigenvalue weighted by Crippen LogP contribution is -2.18. The Balaban J connectivity index is 2.56. The van der Waals surface area contributed by atoms with Crippen LogP contribution < -0.4 is 10.6 Å². The van der Waals surface area contributed by atoms with Crippen LogP contribution in [-0.2, 0) is 0 Å². The van der Waals surface area contributed by atoms with Gasteiger partial charge in [-0.3, -0.25) is 0 Å². The Hall–Kier alpha value is -0.900. The van der Waals surface area contributed by atoms with Crippen molar-refractivity contribution < 1.29 is 0 Å². The SMILES string of the molecule is CCNc1cccc(NC(C)CSC)n1. The maximum absolute atomic E-state index is 4.45. The van der Waals surface area contributed by atoms with Gasteiger partial charge in [-0.05, 0) is 32.2 Å². The Labute approximate surface area is 96.1 Å². The van der Waals surface area contributed by atoms with Gasteiger partial charge in [-0.1, -0.05) is 6.07 Å². The highest BCUT2D eigenvalue weighted by molar-refractivity contribution is 7.98. The number of rotatable bonds is 6. The van der Waals surface area contributed by atoms with Gasteiger partial charge in [-0.15, -0.1) is 0 Å². The first-order valence-corrected chi connectivity index (χ1v) is 6.62. The van der Waals surface area contributed by atoms with Crippen molar-refractivity contribution in [3.63, 3.8) is 0 Å². The molecule has 0 saturated carbocycles. The van der Waals surface area contributed by atoms with E-state index in [1.807, 2.05) is 30.0 Å². The predicted octanol–water partition coefficient (Wildman–Crippen LogP) is 2.68. The van der Waals surface area contributed by atoms with Crippen LogP contribution in [0.2, 0.25) is 0 Å². The molecule has 1 aromatic heterocycles.